The number of Topliss-reactive ketones (excluding diaryl/α,β-unsaturated/α-hetero) is 1. The number of rotatable bonds is 2. The van der Waals surface area contributed by atoms with E-state index >= 15 is 0 Å². The van der Waals surface area contributed by atoms with Gasteiger partial charge in [-0.05, 0) is 24.0 Å². The van der Waals surface area contributed by atoms with Crippen LogP contribution in [-0.4, -0.2) is 20.0 Å². The molecule has 86 valence electrons. The second-order valence-electron chi connectivity index (χ2n) is 4.30. The van der Waals surface area contributed by atoms with E-state index in [0.29, 0.717) is 18.1 Å². The molecule has 0 heterocycles. The lowest BCUT2D eigenvalue weighted by molar-refractivity contribution is 0.0950. The van der Waals surface area contributed by atoms with Crippen LogP contribution in [0.1, 0.15) is 29.3 Å². The Hall–Kier alpha value is -1.51. The van der Waals surface area contributed by atoms with Crippen molar-refractivity contribution >= 4 is 5.78 Å². The minimum absolute atomic E-state index is 0.174. The monoisotopic (exact) mass is 220 g/mol. The maximum atomic E-state index is 12.0. The summed E-state index contributed by atoms with van der Waals surface area (Å²) >= 11 is 0. The molecule has 0 amide bonds. The van der Waals surface area contributed by atoms with Gasteiger partial charge in [0.25, 0.3) is 0 Å². The van der Waals surface area contributed by atoms with Gasteiger partial charge in [-0.25, -0.2) is 0 Å². The van der Waals surface area contributed by atoms with Gasteiger partial charge in [0, 0.05) is 12.5 Å². The highest BCUT2D eigenvalue weighted by Gasteiger charge is 2.26. The fourth-order valence-corrected chi connectivity index (χ4v) is 2.27. The van der Waals surface area contributed by atoms with Gasteiger partial charge in [0.2, 0.25) is 0 Å². The Labute approximate surface area is 95.4 Å². The van der Waals surface area contributed by atoms with Crippen LogP contribution >= 0.6 is 0 Å². The van der Waals surface area contributed by atoms with E-state index in [2.05, 4.69) is 6.92 Å². The number of fused-ring (bicyclic) bond motifs is 1. The summed E-state index contributed by atoms with van der Waals surface area (Å²) in [5.41, 5.74) is 1.78. The second kappa shape index (κ2) is 4.16. The molecule has 3 heteroatoms. The molecular formula is C13H16O3. The second-order valence-corrected chi connectivity index (χ2v) is 4.30. The summed E-state index contributed by atoms with van der Waals surface area (Å²) in [4.78, 5) is 12.0. The molecule has 16 heavy (non-hydrogen) atoms. The molecule has 0 bridgehead atoms. The predicted octanol–water partition coefficient (Wildman–Crippen LogP) is 2.47. The van der Waals surface area contributed by atoms with E-state index in [1.165, 1.54) is 0 Å². The zero-order valence-corrected chi connectivity index (χ0v) is 9.87. The van der Waals surface area contributed by atoms with Crippen molar-refractivity contribution in [3.8, 4) is 11.5 Å². The Bertz CT molecular complexity index is 423. The average Bonchev–Trinajstić information content (AvgIpc) is 2.26. The molecule has 0 radical (unpaired) electrons. The molecule has 1 unspecified atom stereocenters. The first-order valence-electron chi connectivity index (χ1n) is 5.43. The van der Waals surface area contributed by atoms with Crippen molar-refractivity contribution in [2.24, 2.45) is 5.92 Å². The molecule has 2 rings (SSSR count). The first-order chi connectivity index (χ1) is 7.65. The summed E-state index contributed by atoms with van der Waals surface area (Å²) in [5, 5.41) is 0. The lowest BCUT2D eigenvalue weighted by Gasteiger charge is -2.22. The third-order valence-electron chi connectivity index (χ3n) is 2.99. The van der Waals surface area contributed by atoms with Crippen LogP contribution in [-0.2, 0) is 6.42 Å². The number of ketones is 1. The lowest BCUT2D eigenvalue weighted by atomic mass is 9.83. The molecule has 0 saturated heterocycles. The molecule has 1 aromatic carbocycles. The number of ether oxygens (including phenoxy) is 2. The Balaban J connectivity index is 2.56. The third kappa shape index (κ3) is 1.77. The number of benzene rings is 1. The summed E-state index contributed by atoms with van der Waals surface area (Å²) in [6, 6.07) is 3.71. The highest BCUT2D eigenvalue weighted by Crippen LogP contribution is 2.35. The number of methoxy groups -OCH3 is 2. The van der Waals surface area contributed by atoms with E-state index in [1.54, 1.807) is 20.3 Å². The maximum Gasteiger partial charge on any atom is 0.167 e. The summed E-state index contributed by atoms with van der Waals surface area (Å²) in [6.07, 6.45) is 1.52. The number of carbonyl (C=O) groups excluding carboxylic acids is 1. The zero-order chi connectivity index (χ0) is 11.7. The molecule has 0 aliphatic heterocycles. The standard InChI is InChI=1S/C13H16O3/c1-8-4-9-6-10(15-2)7-12(16-3)13(9)11(14)5-8/h6-8H,4-5H2,1-3H3. The molecular weight excluding hydrogens is 204 g/mol. The Morgan fingerprint density at radius 1 is 1.19 bits per heavy atom. The van der Waals surface area contributed by atoms with E-state index < -0.39 is 0 Å². The minimum atomic E-state index is 0.174. The molecule has 0 fully saturated rings. The molecule has 0 saturated carbocycles. The van der Waals surface area contributed by atoms with Gasteiger partial charge in [-0.3, -0.25) is 4.79 Å². The summed E-state index contributed by atoms with van der Waals surface area (Å²) in [5.74, 6) is 1.95. The van der Waals surface area contributed by atoms with Gasteiger partial charge < -0.3 is 9.47 Å². The zero-order valence-electron chi connectivity index (χ0n) is 9.87. The van der Waals surface area contributed by atoms with E-state index in [1.807, 2.05) is 6.07 Å². The SMILES string of the molecule is COc1cc2c(c(OC)c1)C(=O)CC(C)C2. The van der Waals surface area contributed by atoms with E-state index in [4.69, 9.17) is 9.47 Å². The Morgan fingerprint density at radius 3 is 2.56 bits per heavy atom. The fourth-order valence-electron chi connectivity index (χ4n) is 2.27. The van der Waals surface area contributed by atoms with Gasteiger partial charge in [0.05, 0.1) is 19.8 Å². The van der Waals surface area contributed by atoms with Gasteiger partial charge in [-0.15, -0.1) is 0 Å². The van der Waals surface area contributed by atoms with Crippen molar-refractivity contribution in [3.63, 3.8) is 0 Å². The minimum Gasteiger partial charge on any atom is -0.497 e. The molecule has 1 aromatic rings. The normalized spacial score (nSPS) is 19.2. The molecule has 0 N–H and O–H groups in total. The average molecular weight is 220 g/mol. The Morgan fingerprint density at radius 2 is 1.94 bits per heavy atom. The number of hydrogen-bond acceptors (Lipinski definition) is 3. The molecule has 1 aliphatic rings. The van der Waals surface area contributed by atoms with Crippen molar-refractivity contribution in [1.29, 1.82) is 0 Å². The van der Waals surface area contributed by atoms with Crippen molar-refractivity contribution in [1.82, 2.24) is 0 Å². The van der Waals surface area contributed by atoms with Gasteiger partial charge in [-0.2, -0.15) is 0 Å². The molecule has 1 atom stereocenters. The highest BCUT2D eigenvalue weighted by molar-refractivity contribution is 6.01. The lowest BCUT2D eigenvalue weighted by Crippen LogP contribution is -2.19. The number of carbonyl (C=O) groups is 1. The van der Waals surface area contributed by atoms with Crippen molar-refractivity contribution in [2.45, 2.75) is 19.8 Å². The van der Waals surface area contributed by atoms with Gasteiger partial charge in [0.15, 0.2) is 5.78 Å². The quantitative estimate of drug-likeness (QED) is 0.768. The maximum absolute atomic E-state index is 12.0. The van der Waals surface area contributed by atoms with Crippen molar-refractivity contribution < 1.29 is 14.3 Å². The van der Waals surface area contributed by atoms with Crippen LogP contribution in [0.4, 0.5) is 0 Å². The van der Waals surface area contributed by atoms with Gasteiger partial charge in [-0.1, -0.05) is 6.92 Å². The van der Waals surface area contributed by atoms with Gasteiger partial charge in [0.1, 0.15) is 11.5 Å². The van der Waals surface area contributed by atoms with Crippen LogP contribution in [0.5, 0.6) is 11.5 Å². The summed E-state index contributed by atoms with van der Waals surface area (Å²) < 4.78 is 10.5. The van der Waals surface area contributed by atoms with E-state index in [-0.39, 0.29) is 5.78 Å². The molecule has 0 spiro atoms. The number of hydrogen-bond donors (Lipinski definition) is 0. The van der Waals surface area contributed by atoms with Crippen LogP contribution in [0.3, 0.4) is 0 Å². The predicted molar refractivity (Wildman–Crippen MR) is 61.4 cm³/mol. The first kappa shape index (κ1) is 11.0. The van der Waals surface area contributed by atoms with Gasteiger partial charge >= 0.3 is 0 Å². The smallest absolute Gasteiger partial charge is 0.167 e. The third-order valence-corrected chi connectivity index (χ3v) is 2.99. The summed E-state index contributed by atoms with van der Waals surface area (Å²) in [7, 11) is 3.20. The van der Waals surface area contributed by atoms with Crippen LogP contribution in [0.25, 0.3) is 0 Å². The van der Waals surface area contributed by atoms with Crippen LogP contribution in [0, 0.1) is 5.92 Å². The fraction of sp³-hybridized carbons (Fsp3) is 0.462. The Kier molecular flexibility index (Phi) is 2.86. The largest absolute Gasteiger partial charge is 0.497 e. The molecule has 1 aliphatic carbocycles. The van der Waals surface area contributed by atoms with Crippen molar-refractivity contribution in [3.05, 3.63) is 23.3 Å². The first-order valence-corrected chi connectivity index (χ1v) is 5.43. The van der Waals surface area contributed by atoms with Crippen LogP contribution < -0.4 is 9.47 Å². The van der Waals surface area contributed by atoms with E-state index in [0.717, 1.165) is 23.3 Å². The highest BCUT2D eigenvalue weighted by atomic mass is 16.5. The van der Waals surface area contributed by atoms with Crippen LogP contribution in [0.15, 0.2) is 12.1 Å². The summed E-state index contributed by atoms with van der Waals surface area (Å²) in [6.45, 7) is 2.09. The topological polar surface area (TPSA) is 35.5 Å². The van der Waals surface area contributed by atoms with E-state index in [9.17, 15) is 4.79 Å². The van der Waals surface area contributed by atoms with Crippen molar-refractivity contribution in [2.75, 3.05) is 14.2 Å². The molecule has 3 nitrogen and oxygen atoms in total. The van der Waals surface area contributed by atoms with Crippen LogP contribution in [0.2, 0.25) is 0 Å². The molecule has 0 aromatic heterocycles.